The molecule has 0 radical (unpaired) electrons. The lowest BCUT2D eigenvalue weighted by Gasteiger charge is -2.18. The Morgan fingerprint density at radius 2 is 0.508 bits per heavy atom. The Hall–Kier alpha value is -1.85. The highest BCUT2D eigenvalue weighted by Crippen LogP contribution is 2.17. The van der Waals surface area contributed by atoms with Gasteiger partial charge in [0.15, 0.2) is 6.10 Å². The fourth-order valence-electron chi connectivity index (χ4n) is 8.85. The third-order valence-electron chi connectivity index (χ3n) is 13.3. The first-order chi connectivity index (χ1) is 32.0. The lowest BCUT2D eigenvalue weighted by molar-refractivity contribution is -0.167. The second-order valence-corrected chi connectivity index (χ2v) is 19.9. The minimum Gasteiger partial charge on any atom is -0.462 e. The minimum absolute atomic E-state index is 0.0655. The van der Waals surface area contributed by atoms with Crippen molar-refractivity contribution in [1.29, 1.82) is 0 Å². The summed E-state index contributed by atoms with van der Waals surface area (Å²) in [7, 11) is 0. The number of carbonyl (C=O) groups excluding carboxylic acids is 3. The summed E-state index contributed by atoms with van der Waals surface area (Å²) in [5.41, 5.74) is 0. The van der Waals surface area contributed by atoms with Crippen LogP contribution in [0.15, 0.2) is 12.2 Å². The quantitative estimate of drug-likeness (QED) is 0.0262. The lowest BCUT2D eigenvalue weighted by atomic mass is 10.0. The second-order valence-electron chi connectivity index (χ2n) is 19.9. The van der Waals surface area contributed by atoms with Gasteiger partial charge < -0.3 is 14.2 Å². The molecule has 0 amide bonds. The van der Waals surface area contributed by atoms with E-state index in [1.54, 1.807) is 0 Å². The van der Waals surface area contributed by atoms with E-state index in [-0.39, 0.29) is 31.1 Å². The number of hydrogen-bond donors (Lipinski definition) is 0. The molecule has 0 aliphatic carbocycles. The molecule has 0 bridgehead atoms. The summed E-state index contributed by atoms with van der Waals surface area (Å²) < 4.78 is 16.9. The van der Waals surface area contributed by atoms with Crippen LogP contribution in [0.1, 0.15) is 329 Å². The minimum atomic E-state index is -0.765. The number of ether oxygens (including phenoxy) is 3. The molecular weight excluding hydrogens is 805 g/mol. The number of hydrogen-bond acceptors (Lipinski definition) is 6. The van der Waals surface area contributed by atoms with Crippen LogP contribution in [0.5, 0.6) is 0 Å². The topological polar surface area (TPSA) is 78.9 Å². The maximum atomic E-state index is 12.9. The smallest absolute Gasteiger partial charge is 0.306 e. The largest absolute Gasteiger partial charge is 0.462 e. The summed E-state index contributed by atoms with van der Waals surface area (Å²) in [6.45, 7) is 6.67. The van der Waals surface area contributed by atoms with E-state index in [1.165, 1.54) is 231 Å². The maximum absolute atomic E-state index is 12.9. The normalized spacial score (nSPS) is 12.0. The Bertz CT molecular complexity index is 1010. The zero-order valence-electron chi connectivity index (χ0n) is 44.0. The fourth-order valence-corrected chi connectivity index (χ4v) is 8.85. The van der Waals surface area contributed by atoms with E-state index in [0.29, 0.717) is 19.3 Å². The van der Waals surface area contributed by atoms with Gasteiger partial charge in [0.05, 0.1) is 0 Å². The van der Waals surface area contributed by atoms with Crippen LogP contribution in [0.4, 0.5) is 0 Å². The molecule has 0 aliphatic heterocycles. The zero-order chi connectivity index (χ0) is 47.2. The van der Waals surface area contributed by atoms with Crippen LogP contribution in [0, 0.1) is 0 Å². The zero-order valence-corrected chi connectivity index (χ0v) is 44.0. The van der Waals surface area contributed by atoms with Gasteiger partial charge in [-0.1, -0.05) is 277 Å². The molecular formula is C59H112O6. The number of allylic oxidation sites excluding steroid dienone is 2. The predicted octanol–water partition coefficient (Wildman–Crippen LogP) is 19.3. The first kappa shape index (κ1) is 63.1. The van der Waals surface area contributed by atoms with Crippen molar-refractivity contribution in [1.82, 2.24) is 0 Å². The van der Waals surface area contributed by atoms with Crippen molar-refractivity contribution in [3.8, 4) is 0 Å². The summed E-state index contributed by atoms with van der Waals surface area (Å²) in [6, 6.07) is 0. The molecule has 0 fully saturated rings. The molecule has 0 aromatic carbocycles. The first-order valence-electron chi connectivity index (χ1n) is 29.2. The Morgan fingerprint density at radius 3 is 0.785 bits per heavy atom. The average molecular weight is 918 g/mol. The number of carbonyl (C=O) groups is 3. The highest BCUT2D eigenvalue weighted by molar-refractivity contribution is 5.71. The fraction of sp³-hybridized carbons (Fsp3) is 0.915. The average Bonchev–Trinajstić information content (AvgIpc) is 3.30. The van der Waals surface area contributed by atoms with Crippen LogP contribution >= 0.6 is 0 Å². The third-order valence-corrected chi connectivity index (χ3v) is 13.3. The van der Waals surface area contributed by atoms with Crippen molar-refractivity contribution in [2.24, 2.45) is 0 Å². The number of unbranched alkanes of at least 4 members (excludes halogenated alkanes) is 41. The molecule has 6 heteroatoms. The predicted molar refractivity (Wildman–Crippen MR) is 280 cm³/mol. The van der Waals surface area contributed by atoms with E-state index >= 15 is 0 Å². The summed E-state index contributed by atoms with van der Waals surface area (Å²) in [5.74, 6) is -0.847. The van der Waals surface area contributed by atoms with E-state index in [2.05, 4.69) is 32.9 Å². The SMILES string of the molecule is CCCCCC/C=C\CCCCCCCCCC(=O)OC[C@H](COC(=O)CCCCCCCCCCCCC)OC(=O)CCCCCCCCCCCCCCCCCCCCCCC. The van der Waals surface area contributed by atoms with Crippen molar-refractivity contribution in [2.75, 3.05) is 13.2 Å². The van der Waals surface area contributed by atoms with Gasteiger partial charge >= 0.3 is 17.9 Å². The summed E-state index contributed by atoms with van der Waals surface area (Å²) in [6.07, 6.45) is 62.1. The first-order valence-corrected chi connectivity index (χ1v) is 29.2. The Balaban J connectivity index is 4.25. The van der Waals surface area contributed by atoms with Crippen molar-refractivity contribution < 1.29 is 28.6 Å². The van der Waals surface area contributed by atoms with Gasteiger partial charge in [-0.05, 0) is 44.9 Å². The highest BCUT2D eigenvalue weighted by atomic mass is 16.6. The molecule has 0 saturated heterocycles. The van der Waals surface area contributed by atoms with E-state index in [9.17, 15) is 14.4 Å². The molecule has 0 aliphatic rings. The van der Waals surface area contributed by atoms with Gasteiger partial charge in [0, 0.05) is 19.3 Å². The monoisotopic (exact) mass is 917 g/mol. The third kappa shape index (κ3) is 53.0. The van der Waals surface area contributed by atoms with Gasteiger partial charge in [0.25, 0.3) is 0 Å². The van der Waals surface area contributed by atoms with Gasteiger partial charge in [-0.15, -0.1) is 0 Å². The van der Waals surface area contributed by atoms with Crippen LogP contribution < -0.4 is 0 Å². The molecule has 0 aromatic rings. The van der Waals surface area contributed by atoms with Gasteiger partial charge in [-0.25, -0.2) is 0 Å². The van der Waals surface area contributed by atoms with Crippen LogP contribution in [0.25, 0.3) is 0 Å². The van der Waals surface area contributed by atoms with Gasteiger partial charge in [0.1, 0.15) is 13.2 Å². The van der Waals surface area contributed by atoms with Crippen LogP contribution in [0.3, 0.4) is 0 Å². The molecule has 384 valence electrons. The summed E-state index contributed by atoms with van der Waals surface area (Å²) >= 11 is 0. The standard InChI is InChI=1S/C59H112O6/c1-4-7-10-13-16-19-22-24-26-27-28-29-30-31-33-35-38-41-44-47-50-53-59(62)65-56(54-63-57(60)51-48-45-42-39-36-21-18-15-12-9-6-3)55-64-58(61)52-49-46-43-40-37-34-32-25-23-20-17-14-11-8-5-2/h20,23,56H,4-19,21-22,24-55H2,1-3H3/b23-20-/t56-/m0/s1. The summed E-state index contributed by atoms with van der Waals surface area (Å²) in [5, 5.41) is 0. The Morgan fingerprint density at radius 1 is 0.292 bits per heavy atom. The molecule has 65 heavy (non-hydrogen) atoms. The number of rotatable bonds is 54. The van der Waals surface area contributed by atoms with Crippen molar-refractivity contribution in [3.63, 3.8) is 0 Å². The van der Waals surface area contributed by atoms with Crippen LogP contribution in [-0.4, -0.2) is 37.2 Å². The molecule has 6 nitrogen and oxygen atoms in total. The van der Waals surface area contributed by atoms with Gasteiger partial charge in [-0.3, -0.25) is 14.4 Å². The van der Waals surface area contributed by atoms with Crippen molar-refractivity contribution in [3.05, 3.63) is 12.2 Å². The van der Waals surface area contributed by atoms with E-state index in [0.717, 1.165) is 57.8 Å². The van der Waals surface area contributed by atoms with Crippen molar-refractivity contribution >= 4 is 17.9 Å². The van der Waals surface area contributed by atoms with Gasteiger partial charge in [-0.2, -0.15) is 0 Å². The Kier molecular flexibility index (Phi) is 53.2. The molecule has 1 atom stereocenters. The Labute approximate surface area is 405 Å². The second kappa shape index (κ2) is 54.8. The van der Waals surface area contributed by atoms with Crippen LogP contribution in [-0.2, 0) is 28.6 Å². The molecule has 0 N–H and O–H groups in total. The molecule has 0 saturated carbocycles. The highest BCUT2D eigenvalue weighted by Gasteiger charge is 2.19. The van der Waals surface area contributed by atoms with Crippen molar-refractivity contribution in [2.45, 2.75) is 335 Å². The van der Waals surface area contributed by atoms with Crippen LogP contribution in [0.2, 0.25) is 0 Å². The number of esters is 3. The van der Waals surface area contributed by atoms with E-state index in [1.807, 2.05) is 0 Å². The maximum Gasteiger partial charge on any atom is 0.306 e. The molecule has 0 heterocycles. The summed E-state index contributed by atoms with van der Waals surface area (Å²) in [4.78, 5) is 38.1. The van der Waals surface area contributed by atoms with E-state index < -0.39 is 6.10 Å². The van der Waals surface area contributed by atoms with E-state index in [4.69, 9.17) is 14.2 Å². The molecule has 0 spiro atoms. The van der Waals surface area contributed by atoms with Gasteiger partial charge in [0.2, 0.25) is 0 Å². The lowest BCUT2D eigenvalue weighted by Crippen LogP contribution is -2.30. The molecule has 0 aromatic heterocycles. The molecule has 0 unspecified atom stereocenters. The molecule has 0 rings (SSSR count).